The van der Waals surface area contributed by atoms with E-state index in [1.165, 1.54) is 22.4 Å². The molecule has 3 aromatic rings. The fraction of sp³-hybridized carbons (Fsp3) is 0.111. The van der Waals surface area contributed by atoms with Gasteiger partial charge in [0.25, 0.3) is 0 Å². The van der Waals surface area contributed by atoms with Crippen LogP contribution in [0.4, 0.5) is 0 Å². The van der Waals surface area contributed by atoms with Crippen molar-refractivity contribution < 1.29 is 0 Å². The molecule has 0 aliphatic heterocycles. The second kappa shape index (κ2) is 5.02. The lowest BCUT2D eigenvalue weighted by Crippen LogP contribution is -2.06. The molecule has 0 saturated carbocycles. The molecule has 1 aromatic heterocycles. The fourth-order valence-corrected chi connectivity index (χ4v) is 2.78. The SMILES string of the molecule is C1=Cc2ccccc2-c2nnn(Cc3ccccc3)c2C1. The number of allylic oxidation sites excluding steroid dienone is 1. The van der Waals surface area contributed by atoms with E-state index >= 15 is 0 Å². The maximum absolute atomic E-state index is 4.43. The van der Waals surface area contributed by atoms with E-state index in [-0.39, 0.29) is 0 Å². The van der Waals surface area contributed by atoms with Crippen molar-refractivity contribution in [1.29, 1.82) is 0 Å². The largest absolute Gasteiger partial charge is 0.244 e. The third-order valence-electron chi connectivity index (χ3n) is 3.84. The van der Waals surface area contributed by atoms with Crippen LogP contribution >= 0.6 is 0 Å². The third kappa shape index (κ3) is 2.17. The summed E-state index contributed by atoms with van der Waals surface area (Å²) in [5.74, 6) is 0. The van der Waals surface area contributed by atoms with Gasteiger partial charge in [0.2, 0.25) is 0 Å². The number of benzene rings is 2. The van der Waals surface area contributed by atoms with Crippen LogP contribution in [0.15, 0.2) is 60.7 Å². The number of fused-ring (bicyclic) bond motifs is 3. The van der Waals surface area contributed by atoms with Gasteiger partial charge in [-0.15, -0.1) is 5.10 Å². The molecule has 0 spiro atoms. The molecule has 0 unspecified atom stereocenters. The lowest BCUT2D eigenvalue weighted by molar-refractivity contribution is 0.627. The first kappa shape index (κ1) is 12.1. The van der Waals surface area contributed by atoms with Crippen LogP contribution in [0, 0.1) is 0 Å². The summed E-state index contributed by atoms with van der Waals surface area (Å²) >= 11 is 0. The van der Waals surface area contributed by atoms with E-state index in [1.54, 1.807) is 0 Å². The molecule has 0 amide bonds. The minimum absolute atomic E-state index is 0.763. The van der Waals surface area contributed by atoms with Crippen molar-refractivity contribution in [3.05, 3.63) is 77.5 Å². The molecule has 0 fully saturated rings. The first-order valence-electron chi connectivity index (χ1n) is 7.14. The van der Waals surface area contributed by atoms with Crippen LogP contribution in [0.3, 0.4) is 0 Å². The highest BCUT2D eigenvalue weighted by Gasteiger charge is 2.17. The Morgan fingerprint density at radius 3 is 2.67 bits per heavy atom. The van der Waals surface area contributed by atoms with E-state index in [0.29, 0.717) is 0 Å². The van der Waals surface area contributed by atoms with E-state index in [0.717, 1.165) is 18.7 Å². The first-order valence-corrected chi connectivity index (χ1v) is 7.14. The van der Waals surface area contributed by atoms with Crippen LogP contribution in [-0.2, 0) is 13.0 Å². The number of hydrogen-bond acceptors (Lipinski definition) is 2. The summed E-state index contributed by atoms with van der Waals surface area (Å²) in [5, 5.41) is 8.79. The summed E-state index contributed by atoms with van der Waals surface area (Å²) in [6.45, 7) is 0.763. The predicted molar refractivity (Wildman–Crippen MR) is 83.7 cm³/mol. The zero-order valence-electron chi connectivity index (χ0n) is 11.6. The van der Waals surface area contributed by atoms with Gasteiger partial charge in [-0.2, -0.15) is 0 Å². The predicted octanol–water partition coefficient (Wildman–Crippen LogP) is 3.56. The Labute approximate surface area is 123 Å². The van der Waals surface area contributed by atoms with Gasteiger partial charge in [0.15, 0.2) is 0 Å². The molecule has 1 aliphatic carbocycles. The summed E-state index contributed by atoms with van der Waals surface area (Å²) in [6, 6.07) is 18.7. The maximum atomic E-state index is 4.43. The van der Waals surface area contributed by atoms with Crippen molar-refractivity contribution in [2.75, 3.05) is 0 Å². The average Bonchev–Trinajstić information content (AvgIpc) is 2.82. The zero-order chi connectivity index (χ0) is 14.1. The monoisotopic (exact) mass is 273 g/mol. The molecule has 1 heterocycles. The van der Waals surface area contributed by atoms with Crippen LogP contribution < -0.4 is 0 Å². The molecule has 3 nitrogen and oxygen atoms in total. The van der Waals surface area contributed by atoms with Crippen LogP contribution in [0.2, 0.25) is 0 Å². The highest BCUT2D eigenvalue weighted by atomic mass is 15.4. The van der Waals surface area contributed by atoms with Crippen LogP contribution in [0.5, 0.6) is 0 Å². The molecule has 4 rings (SSSR count). The van der Waals surface area contributed by atoms with Gasteiger partial charge in [-0.1, -0.05) is 72.0 Å². The summed E-state index contributed by atoms with van der Waals surface area (Å²) < 4.78 is 2.01. The van der Waals surface area contributed by atoms with Gasteiger partial charge in [0.1, 0.15) is 5.69 Å². The number of aromatic nitrogens is 3. The van der Waals surface area contributed by atoms with Gasteiger partial charge < -0.3 is 0 Å². The molecule has 0 atom stereocenters. The molecule has 3 heteroatoms. The number of nitrogens with zero attached hydrogens (tertiary/aromatic N) is 3. The lowest BCUT2D eigenvalue weighted by atomic mass is 10.0. The third-order valence-corrected chi connectivity index (χ3v) is 3.84. The molecule has 0 radical (unpaired) electrons. The molecule has 2 aromatic carbocycles. The van der Waals surface area contributed by atoms with Gasteiger partial charge in [0.05, 0.1) is 12.2 Å². The van der Waals surface area contributed by atoms with E-state index in [4.69, 9.17) is 0 Å². The summed E-state index contributed by atoms with van der Waals surface area (Å²) in [4.78, 5) is 0. The van der Waals surface area contributed by atoms with Crippen molar-refractivity contribution in [2.45, 2.75) is 13.0 Å². The second-order valence-electron chi connectivity index (χ2n) is 5.22. The van der Waals surface area contributed by atoms with Gasteiger partial charge >= 0.3 is 0 Å². The normalized spacial score (nSPS) is 12.6. The Morgan fingerprint density at radius 2 is 1.76 bits per heavy atom. The smallest absolute Gasteiger partial charge is 0.117 e. The summed E-state index contributed by atoms with van der Waals surface area (Å²) in [7, 11) is 0. The quantitative estimate of drug-likeness (QED) is 0.714. The van der Waals surface area contributed by atoms with Gasteiger partial charge in [-0.25, -0.2) is 4.68 Å². The van der Waals surface area contributed by atoms with Crippen LogP contribution in [0.25, 0.3) is 17.3 Å². The number of hydrogen-bond donors (Lipinski definition) is 0. The molecular weight excluding hydrogens is 258 g/mol. The highest BCUT2D eigenvalue weighted by Crippen LogP contribution is 2.29. The average molecular weight is 273 g/mol. The van der Waals surface area contributed by atoms with Gasteiger partial charge in [0, 0.05) is 12.0 Å². The Balaban J connectivity index is 1.79. The summed E-state index contributed by atoms with van der Waals surface area (Å²) in [5.41, 5.74) is 5.81. The van der Waals surface area contributed by atoms with Crippen molar-refractivity contribution in [3.8, 4) is 11.3 Å². The molecule has 0 bridgehead atoms. The van der Waals surface area contributed by atoms with Crippen molar-refractivity contribution in [1.82, 2.24) is 15.0 Å². The Morgan fingerprint density at radius 1 is 0.952 bits per heavy atom. The van der Waals surface area contributed by atoms with E-state index in [2.05, 4.69) is 71.0 Å². The first-order chi connectivity index (χ1) is 10.4. The van der Waals surface area contributed by atoms with Crippen LogP contribution in [-0.4, -0.2) is 15.0 Å². The van der Waals surface area contributed by atoms with E-state index in [1.807, 2.05) is 10.7 Å². The molecule has 102 valence electrons. The van der Waals surface area contributed by atoms with Crippen molar-refractivity contribution in [2.24, 2.45) is 0 Å². The second-order valence-corrected chi connectivity index (χ2v) is 5.22. The van der Waals surface area contributed by atoms with Crippen molar-refractivity contribution in [3.63, 3.8) is 0 Å². The zero-order valence-corrected chi connectivity index (χ0v) is 11.6. The van der Waals surface area contributed by atoms with Gasteiger partial charge in [-0.3, -0.25) is 0 Å². The standard InChI is InChI=1S/C18H15N3/c1-2-7-14(8-3-1)13-21-17-12-6-10-15-9-4-5-11-16(15)18(17)19-20-21/h1-11H,12-13H2. The van der Waals surface area contributed by atoms with E-state index < -0.39 is 0 Å². The van der Waals surface area contributed by atoms with E-state index in [9.17, 15) is 0 Å². The Kier molecular flexibility index (Phi) is 2.89. The Bertz CT molecular complexity index is 800. The maximum Gasteiger partial charge on any atom is 0.117 e. The topological polar surface area (TPSA) is 30.7 Å². The number of rotatable bonds is 2. The fourth-order valence-electron chi connectivity index (χ4n) is 2.78. The molecular formula is C18H15N3. The summed E-state index contributed by atoms with van der Waals surface area (Å²) in [6.07, 6.45) is 5.23. The highest BCUT2D eigenvalue weighted by molar-refractivity contribution is 5.76. The molecule has 1 aliphatic rings. The minimum Gasteiger partial charge on any atom is -0.244 e. The molecule has 0 saturated heterocycles. The minimum atomic E-state index is 0.763. The van der Waals surface area contributed by atoms with Gasteiger partial charge in [-0.05, 0) is 11.1 Å². The molecule has 21 heavy (non-hydrogen) atoms. The lowest BCUT2D eigenvalue weighted by Gasteiger charge is -2.06. The van der Waals surface area contributed by atoms with Crippen molar-refractivity contribution >= 4 is 6.08 Å². The van der Waals surface area contributed by atoms with Crippen LogP contribution in [0.1, 0.15) is 16.8 Å². The Hall–Kier alpha value is -2.68. The molecule has 0 N–H and O–H groups in total.